The van der Waals surface area contributed by atoms with Crippen LogP contribution in [0.3, 0.4) is 0 Å². The SMILES string of the molecule is CC1=C(C(=O)Nc2ccccc2Cl)C(c2ccc(Cl)cc2)NC(=S)N1. The highest BCUT2D eigenvalue weighted by Crippen LogP contribution is 2.29. The number of benzene rings is 2. The van der Waals surface area contributed by atoms with Gasteiger partial charge in [0, 0.05) is 10.7 Å². The van der Waals surface area contributed by atoms with E-state index in [2.05, 4.69) is 16.0 Å². The maximum atomic E-state index is 12.9. The number of carbonyl (C=O) groups excluding carboxylic acids is 1. The molecule has 1 unspecified atom stereocenters. The predicted octanol–water partition coefficient (Wildman–Crippen LogP) is 4.42. The van der Waals surface area contributed by atoms with E-state index in [9.17, 15) is 4.79 Å². The lowest BCUT2D eigenvalue weighted by atomic mass is 9.95. The van der Waals surface area contributed by atoms with Gasteiger partial charge in [0.25, 0.3) is 5.91 Å². The number of carbonyl (C=O) groups is 1. The summed E-state index contributed by atoms with van der Waals surface area (Å²) in [6, 6.07) is 14.0. The number of hydrogen-bond acceptors (Lipinski definition) is 2. The minimum atomic E-state index is -0.381. The van der Waals surface area contributed by atoms with Gasteiger partial charge in [-0.1, -0.05) is 47.5 Å². The first-order chi connectivity index (χ1) is 12.0. The summed E-state index contributed by atoms with van der Waals surface area (Å²) in [5.74, 6) is -0.256. The number of rotatable bonds is 3. The number of para-hydroxylation sites is 1. The van der Waals surface area contributed by atoms with Crippen LogP contribution in [0.25, 0.3) is 0 Å². The van der Waals surface area contributed by atoms with E-state index >= 15 is 0 Å². The average molecular weight is 392 g/mol. The van der Waals surface area contributed by atoms with Gasteiger partial charge in [0.1, 0.15) is 0 Å². The molecule has 1 heterocycles. The van der Waals surface area contributed by atoms with Gasteiger partial charge in [-0.25, -0.2) is 0 Å². The van der Waals surface area contributed by atoms with Crippen molar-refractivity contribution in [2.75, 3.05) is 5.32 Å². The molecule has 0 saturated heterocycles. The standard InChI is InChI=1S/C18H15Cl2N3OS/c1-10-15(17(24)22-14-5-3-2-4-13(14)20)16(23-18(25)21-10)11-6-8-12(19)9-7-11/h2-9,16H,1H3,(H,22,24)(H2,21,23,25). The van der Waals surface area contributed by atoms with Crippen LogP contribution in [0.1, 0.15) is 18.5 Å². The van der Waals surface area contributed by atoms with Gasteiger partial charge < -0.3 is 16.0 Å². The molecule has 1 aliphatic rings. The molecular weight excluding hydrogens is 377 g/mol. The molecule has 128 valence electrons. The summed E-state index contributed by atoms with van der Waals surface area (Å²) in [5.41, 5.74) is 2.67. The van der Waals surface area contributed by atoms with Crippen molar-refractivity contribution in [1.29, 1.82) is 0 Å². The molecule has 7 heteroatoms. The highest BCUT2D eigenvalue weighted by molar-refractivity contribution is 7.80. The Labute approximate surface area is 161 Å². The number of halogens is 2. The Morgan fingerprint density at radius 3 is 2.48 bits per heavy atom. The molecule has 2 aromatic carbocycles. The third kappa shape index (κ3) is 3.95. The van der Waals surface area contributed by atoms with Gasteiger partial charge in [-0.05, 0) is 49.0 Å². The first kappa shape index (κ1) is 17.7. The van der Waals surface area contributed by atoms with Gasteiger partial charge in [-0.2, -0.15) is 0 Å². The Morgan fingerprint density at radius 2 is 1.80 bits per heavy atom. The van der Waals surface area contributed by atoms with E-state index in [0.29, 0.717) is 32.1 Å². The van der Waals surface area contributed by atoms with Gasteiger partial charge in [0.15, 0.2) is 5.11 Å². The monoisotopic (exact) mass is 391 g/mol. The molecule has 2 aromatic rings. The second-order valence-corrected chi connectivity index (χ2v) is 6.81. The van der Waals surface area contributed by atoms with Crippen molar-refractivity contribution in [2.45, 2.75) is 13.0 Å². The van der Waals surface area contributed by atoms with Crippen LogP contribution in [0.2, 0.25) is 10.0 Å². The number of allylic oxidation sites excluding steroid dienone is 1. The number of thiocarbonyl (C=S) groups is 1. The molecule has 0 spiro atoms. The van der Waals surface area contributed by atoms with Crippen molar-refractivity contribution in [2.24, 2.45) is 0 Å². The molecule has 0 aromatic heterocycles. The van der Waals surface area contributed by atoms with E-state index < -0.39 is 0 Å². The summed E-state index contributed by atoms with van der Waals surface area (Å²) in [4.78, 5) is 12.9. The summed E-state index contributed by atoms with van der Waals surface area (Å²) < 4.78 is 0. The zero-order valence-electron chi connectivity index (χ0n) is 13.3. The first-order valence-electron chi connectivity index (χ1n) is 7.55. The zero-order chi connectivity index (χ0) is 18.0. The van der Waals surface area contributed by atoms with Crippen LogP contribution in [0.15, 0.2) is 59.8 Å². The Morgan fingerprint density at radius 1 is 1.12 bits per heavy atom. The van der Waals surface area contributed by atoms with E-state index in [1.54, 1.807) is 30.3 Å². The number of anilines is 1. The quantitative estimate of drug-likeness (QED) is 0.677. The molecule has 0 radical (unpaired) electrons. The van der Waals surface area contributed by atoms with E-state index in [4.69, 9.17) is 35.4 Å². The van der Waals surface area contributed by atoms with E-state index in [-0.39, 0.29) is 11.9 Å². The lowest BCUT2D eigenvalue weighted by molar-refractivity contribution is -0.113. The molecular formula is C18H15Cl2N3OS. The van der Waals surface area contributed by atoms with Crippen molar-refractivity contribution in [3.8, 4) is 0 Å². The van der Waals surface area contributed by atoms with Crippen LogP contribution in [0.5, 0.6) is 0 Å². The Hall–Kier alpha value is -2.08. The molecule has 0 bridgehead atoms. The van der Waals surface area contributed by atoms with Crippen LogP contribution in [0.4, 0.5) is 5.69 Å². The van der Waals surface area contributed by atoms with Crippen LogP contribution < -0.4 is 16.0 Å². The molecule has 0 saturated carbocycles. The van der Waals surface area contributed by atoms with Crippen LogP contribution in [-0.4, -0.2) is 11.0 Å². The summed E-state index contributed by atoms with van der Waals surface area (Å²) in [7, 11) is 0. The van der Waals surface area contributed by atoms with Crippen LogP contribution in [0, 0.1) is 0 Å². The van der Waals surface area contributed by atoms with E-state index in [1.807, 2.05) is 25.1 Å². The lowest BCUT2D eigenvalue weighted by Crippen LogP contribution is -2.45. The first-order valence-corrected chi connectivity index (χ1v) is 8.72. The molecule has 1 atom stereocenters. The van der Waals surface area contributed by atoms with Crippen molar-refractivity contribution in [3.63, 3.8) is 0 Å². The number of amides is 1. The second-order valence-electron chi connectivity index (χ2n) is 5.56. The lowest BCUT2D eigenvalue weighted by Gasteiger charge is -2.30. The molecule has 0 fully saturated rings. The largest absolute Gasteiger partial charge is 0.351 e. The molecule has 0 aliphatic carbocycles. The highest BCUT2D eigenvalue weighted by Gasteiger charge is 2.30. The second kappa shape index (κ2) is 7.44. The number of nitrogens with one attached hydrogen (secondary N) is 3. The third-order valence-electron chi connectivity index (χ3n) is 3.84. The molecule has 3 N–H and O–H groups in total. The average Bonchev–Trinajstić information content (AvgIpc) is 2.57. The predicted molar refractivity (Wildman–Crippen MR) is 106 cm³/mol. The van der Waals surface area contributed by atoms with E-state index in [0.717, 1.165) is 5.56 Å². The van der Waals surface area contributed by atoms with Crippen molar-refractivity contribution in [1.82, 2.24) is 10.6 Å². The fourth-order valence-corrected chi connectivity index (χ4v) is 3.23. The zero-order valence-corrected chi connectivity index (χ0v) is 15.6. The molecule has 1 aliphatic heterocycles. The molecule has 25 heavy (non-hydrogen) atoms. The van der Waals surface area contributed by atoms with Gasteiger partial charge in [-0.3, -0.25) is 4.79 Å². The minimum absolute atomic E-state index is 0.256. The van der Waals surface area contributed by atoms with Crippen molar-refractivity contribution in [3.05, 3.63) is 75.4 Å². The summed E-state index contributed by atoms with van der Waals surface area (Å²) in [6.45, 7) is 1.82. The maximum Gasteiger partial charge on any atom is 0.255 e. The van der Waals surface area contributed by atoms with Gasteiger partial charge in [-0.15, -0.1) is 0 Å². The fourth-order valence-electron chi connectivity index (χ4n) is 2.65. The van der Waals surface area contributed by atoms with E-state index in [1.165, 1.54) is 0 Å². The summed E-state index contributed by atoms with van der Waals surface area (Å²) >= 11 is 17.3. The van der Waals surface area contributed by atoms with Crippen molar-refractivity contribution >= 4 is 52.1 Å². The van der Waals surface area contributed by atoms with Crippen molar-refractivity contribution < 1.29 is 4.79 Å². The Bertz CT molecular complexity index is 865. The normalized spacial score (nSPS) is 16.9. The summed E-state index contributed by atoms with van der Waals surface area (Å²) in [6.07, 6.45) is 0. The smallest absolute Gasteiger partial charge is 0.255 e. The van der Waals surface area contributed by atoms with Gasteiger partial charge in [0.2, 0.25) is 0 Å². The number of hydrogen-bond donors (Lipinski definition) is 3. The Balaban J connectivity index is 1.96. The molecule has 3 rings (SSSR count). The maximum absolute atomic E-state index is 12.9. The topological polar surface area (TPSA) is 53.2 Å². The highest BCUT2D eigenvalue weighted by atomic mass is 35.5. The van der Waals surface area contributed by atoms with Crippen LogP contribution >= 0.6 is 35.4 Å². The van der Waals surface area contributed by atoms with Gasteiger partial charge in [0.05, 0.1) is 22.3 Å². The minimum Gasteiger partial charge on any atom is -0.351 e. The third-order valence-corrected chi connectivity index (χ3v) is 4.64. The summed E-state index contributed by atoms with van der Waals surface area (Å²) in [5, 5.41) is 10.6. The molecule has 4 nitrogen and oxygen atoms in total. The van der Waals surface area contributed by atoms with Crippen LogP contribution in [-0.2, 0) is 4.79 Å². The molecule has 1 amide bonds. The Kier molecular flexibility index (Phi) is 5.27. The fraction of sp³-hybridized carbons (Fsp3) is 0.111. The van der Waals surface area contributed by atoms with Gasteiger partial charge >= 0.3 is 0 Å².